The summed E-state index contributed by atoms with van der Waals surface area (Å²) < 4.78 is -0.529. The Morgan fingerprint density at radius 1 is 0.595 bits per heavy atom. The lowest BCUT2D eigenvalue weighted by Crippen LogP contribution is -2.41. The molecule has 0 saturated heterocycles. The Morgan fingerprint density at radius 2 is 0.973 bits per heavy atom. The van der Waals surface area contributed by atoms with E-state index in [-0.39, 0.29) is 12.8 Å². The maximum absolute atomic E-state index is 12.3. The van der Waals surface area contributed by atoms with Crippen LogP contribution in [0.5, 0.6) is 0 Å². The predicted molar refractivity (Wildman–Crippen MR) is 149 cm³/mol. The molecule has 188 valence electrons. The van der Waals surface area contributed by atoms with Crippen LogP contribution in [0.3, 0.4) is 0 Å². The number of aliphatic carboxylic acids is 2. The molecule has 2 N–H and O–H groups in total. The average Bonchev–Trinajstić information content (AvgIpc) is 2.94. The van der Waals surface area contributed by atoms with E-state index in [9.17, 15) is 19.8 Å². The highest BCUT2D eigenvalue weighted by Crippen LogP contribution is 2.49. The first-order chi connectivity index (χ1) is 18.0. The molecule has 0 heterocycles. The van der Waals surface area contributed by atoms with E-state index in [0.717, 1.165) is 16.7 Å². The summed E-state index contributed by atoms with van der Waals surface area (Å²) in [5.74, 6) is -2.01. The SMILES string of the molecule is O=C(O)C(CCCSC(c1ccccc1)(c1ccccc1)c1ccccc1)(Cc1ccccc1)C(=O)O. The van der Waals surface area contributed by atoms with E-state index in [1.165, 1.54) is 0 Å². The largest absolute Gasteiger partial charge is 0.480 e. The molecule has 5 heteroatoms. The molecule has 37 heavy (non-hydrogen) atoms. The third-order valence-electron chi connectivity index (χ3n) is 6.77. The first-order valence-corrected chi connectivity index (χ1v) is 13.3. The van der Waals surface area contributed by atoms with E-state index >= 15 is 0 Å². The second-order valence-corrected chi connectivity index (χ2v) is 10.4. The highest BCUT2D eigenvalue weighted by atomic mass is 32.2. The lowest BCUT2D eigenvalue weighted by atomic mass is 9.78. The number of benzene rings is 4. The Balaban J connectivity index is 1.66. The summed E-state index contributed by atoms with van der Waals surface area (Å²) in [6.07, 6.45) is 0.419. The van der Waals surface area contributed by atoms with E-state index in [0.29, 0.717) is 17.7 Å². The zero-order valence-corrected chi connectivity index (χ0v) is 21.3. The molecule has 0 saturated carbocycles. The second kappa shape index (κ2) is 11.9. The van der Waals surface area contributed by atoms with Gasteiger partial charge in [0.05, 0.1) is 4.75 Å². The van der Waals surface area contributed by atoms with E-state index in [1.807, 2.05) is 60.7 Å². The molecule has 0 aliphatic rings. The minimum absolute atomic E-state index is 0.0357. The molecule has 4 aromatic carbocycles. The smallest absolute Gasteiger partial charge is 0.321 e. The van der Waals surface area contributed by atoms with Crippen molar-refractivity contribution in [2.24, 2.45) is 5.41 Å². The fraction of sp³-hybridized carbons (Fsp3) is 0.188. The first kappa shape index (κ1) is 26.2. The van der Waals surface area contributed by atoms with Gasteiger partial charge in [0.25, 0.3) is 0 Å². The average molecular weight is 511 g/mol. The number of carboxylic acids is 2. The van der Waals surface area contributed by atoms with E-state index in [2.05, 4.69) is 36.4 Å². The van der Waals surface area contributed by atoms with Crippen molar-refractivity contribution in [2.75, 3.05) is 5.75 Å². The highest BCUT2D eigenvalue weighted by Gasteiger charge is 2.46. The molecular weight excluding hydrogens is 480 g/mol. The van der Waals surface area contributed by atoms with E-state index in [4.69, 9.17) is 0 Å². The van der Waals surface area contributed by atoms with Gasteiger partial charge < -0.3 is 10.2 Å². The standard InChI is InChI=1S/C32H30O4S/c33-29(34)31(30(35)36,24-25-14-5-1-6-15-25)22-13-23-37-32(26-16-7-2-8-17-26,27-18-9-3-10-19-27)28-20-11-4-12-21-28/h1-12,14-21H,13,22-24H2,(H,33,34)(H,35,36). The van der Waals surface area contributed by atoms with E-state index in [1.54, 1.807) is 36.0 Å². The molecule has 0 bridgehead atoms. The molecular formula is C32H30O4S. The van der Waals surface area contributed by atoms with E-state index < -0.39 is 22.1 Å². The van der Waals surface area contributed by atoms with Gasteiger partial charge >= 0.3 is 11.9 Å². The van der Waals surface area contributed by atoms with Crippen LogP contribution < -0.4 is 0 Å². The molecule has 4 aromatic rings. The molecule has 0 amide bonds. The number of rotatable bonds is 12. The minimum atomic E-state index is -1.88. The second-order valence-electron chi connectivity index (χ2n) is 9.09. The number of thioether (sulfide) groups is 1. The molecule has 4 nitrogen and oxygen atoms in total. The Hall–Kier alpha value is -3.83. The van der Waals surface area contributed by atoms with Gasteiger partial charge in [0.2, 0.25) is 0 Å². The summed E-state index contributed by atoms with van der Waals surface area (Å²) in [5, 5.41) is 20.1. The van der Waals surface area contributed by atoms with Crippen molar-refractivity contribution in [2.45, 2.75) is 24.0 Å². The third kappa shape index (κ3) is 5.62. The Morgan fingerprint density at radius 3 is 1.35 bits per heavy atom. The van der Waals surface area contributed by atoms with Crippen LogP contribution in [0.4, 0.5) is 0 Å². The molecule has 4 rings (SSSR count). The van der Waals surface area contributed by atoms with Crippen molar-refractivity contribution < 1.29 is 19.8 Å². The quantitative estimate of drug-likeness (QED) is 0.123. The first-order valence-electron chi connectivity index (χ1n) is 12.3. The van der Waals surface area contributed by atoms with Crippen LogP contribution in [0.2, 0.25) is 0 Å². The van der Waals surface area contributed by atoms with Crippen LogP contribution >= 0.6 is 11.8 Å². The summed E-state index contributed by atoms with van der Waals surface area (Å²) in [6, 6.07) is 39.8. The van der Waals surface area contributed by atoms with Crippen LogP contribution in [0, 0.1) is 5.41 Å². The van der Waals surface area contributed by atoms with Crippen LogP contribution in [-0.4, -0.2) is 27.9 Å². The lowest BCUT2D eigenvalue weighted by molar-refractivity contribution is -0.165. The Kier molecular flexibility index (Phi) is 8.47. The highest BCUT2D eigenvalue weighted by molar-refractivity contribution is 8.00. The van der Waals surface area contributed by atoms with Crippen LogP contribution in [0.15, 0.2) is 121 Å². The third-order valence-corrected chi connectivity index (χ3v) is 8.41. The van der Waals surface area contributed by atoms with Crippen molar-refractivity contribution in [3.05, 3.63) is 144 Å². The lowest BCUT2D eigenvalue weighted by Gasteiger charge is -2.36. The van der Waals surface area contributed by atoms with Crippen molar-refractivity contribution in [1.82, 2.24) is 0 Å². The van der Waals surface area contributed by atoms with Crippen LogP contribution in [0.1, 0.15) is 35.1 Å². The van der Waals surface area contributed by atoms with Gasteiger partial charge in [-0.2, -0.15) is 0 Å². The number of hydrogen-bond donors (Lipinski definition) is 2. The van der Waals surface area contributed by atoms with Gasteiger partial charge in [0.15, 0.2) is 5.41 Å². The Labute approximate surface area is 222 Å². The van der Waals surface area contributed by atoms with Crippen LogP contribution in [-0.2, 0) is 20.8 Å². The molecule has 0 spiro atoms. The van der Waals surface area contributed by atoms with Crippen molar-refractivity contribution >= 4 is 23.7 Å². The summed E-state index contributed by atoms with van der Waals surface area (Å²) in [5.41, 5.74) is 2.17. The van der Waals surface area contributed by atoms with Gasteiger partial charge in [-0.1, -0.05) is 121 Å². The normalized spacial score (nSPS) is 11.7. The molecule has 0 atom stereocenters. The zero-order valence-electron chi connectivity index (χ0n) is 20.5. The fourth-order valence-electron chi connectivity index (χ4n) is 4.86. The molecule has 0 fully saturated rings. The topological polar surface area (TPSA) is 74.6 Å². The van der Waals surface area contributed by atoms with Gasteiger partial charge in [0.1, 0.15) is 0 Å². The van der Waals surface area contributed by atoms with Crippen molar-refractivity contribution in [3.8, 4) is 0 Å². The van der Waals surface area contributed by atoms with Gasteiger partial charge in [-0.25, -0.2) is 0 Å². The molecule has 0 aliphatic carbocycles. The molecule has 0 unspecified atom stereocenters. The fourth-order valence-corrected chi connectivity index (χ4v) is 6.36. The number of hydrogen-bond acceptors (Lipinski definition) is 3. The summed E-state index contributed by atoms with van der Waals surface area (Å²) in [7, 11) is 0. The minimum Gasteiger partial charge on any atom is -0.480 e. The van der Waals surface area contributed by atoms with Gasteiger partial charge in [0, 0.05) is 0 Å². The van der Waals surface area contributed by atoms with Crippen molar-refractivity contribution in [3.63, 3.8) is 0 Å². The predicted octanol–water partition coefficient (Wildman–Crippen LogP) is 6.89. The summed E-state index contributed by atoms with van der Waals surface area (Å²) in [4.78, 5) is 24.7. The van der Waals surface area contributed by atoms with Gasteiger partial charge in [-0.05, 0) is 47.3 Å². The zero-order chi connectivity index (χ0) is 26.1. The molecule has 0 radical (unpaired) electrons. The maximum atomic E-state index is 12.3. The Bertz CT molecular complexity index is 1180. The monoisotopic (exact) mass is 510 g/mol. The van der Waals surface area contributed by atoms with Gasteiger partial charge in [-0.3, -0.25) is 9.59 Å². The van der Waals surface area contributed by atoms with Gasteiger partial charge in [-0.15, -0.1) is 11.8 Å². The summed E-state index contributed by atoms with van der Waals surface area (Å²) >= 11 is 1.71. The molecule has 0 aromatic heterocycles. The molecule has 0 aliphatic heterocycles. The maximum Gasteiger partial charge on any atom is 0.321 e. The number of carbonyl (C=O) groups is 2. The number of carboxylic acid groups (broad SMARTS) is 2. The van der Waals surface area contributed by atoms with Crippen molar-refractivity contribution in [1.29, 1.82) is 0 Å². The summed E-state index contributed by atoms with van der Waals surface area (Å²) in [6.45, 7) is 0. The van der Waals surface area contributed by atoms with Crippen LogP contribution in [0.25, 0.3) is 0 Å².